The summed E-state index contributed by atoms with van der Waals surface area (Å²) < 4.78 is 18.2. The molecule has 0 saturated carbocycles. The number of ether oxygens (including phenoxy) is 3. The van der Waals surface area contributed by atoms with Crippen molar-refractivity contribution in [2.75, 3.05) is 60.1 Å². The number of methoxy groups -OCH3 is 1. The molecule has 1 aromatic heterocycles. The molecule has 0 radical (unpaired) electrons. The van der Waals surface area contributed by atoms with Crippen molar-refractivity contribution in [3.8, 4) is 0 Å². The van der Waals surface area contributed by atoms with E-state index in [9.17, 15) is 14.4 Å². The number of urea groups is 1. The van der Waals surface area contributed by atoms with Crippen molar-refractivity contribution < 1.29 is 28.6 Å². The third-order valence-electron chi connectivity index (χ3n) is 7.42. The second kappa shape index (κ2) is 15.3. The van der Waals surface area contributed by atoms with E-state index in [0.717, 1.165) is 13.1 Å². The fourth-order valence-electron chi connectivity index (χ4n) is 5.21. The lowest BCUT2D eigenvalue weighted by Gasteiger charge is -2.34. The van der Waals surface area contributed by atoms with E-state index in [0.29, 0.717) is 49.0 Å². The van der Waals surface area contributed by atoms with Crippen LogP contribution in [-0.2, 0) is 37.0 Å². The number of aromatic nitrogens is 4. The van der Waals surface area contributed by atoms with Crippen molar-refractivity contribution in [2.24, 2.45) is 0 Å². The molecule has 2 aliphatic rings. The number of hydrogen-bond donors (Lipinski definition) is 2. The van der Waals surface area contributed by atoms with Gasteiger partial charge in [0.15, 0.2) is 5.82 Å². The lowest BCUT2D eigenvalue weighted by molar-refractivity contribution is -0.139. The number of amides is 2. The monoisotopic (exact) mass is 650 g/mol. The topological polar surface area (TPSA) is 153 Å². The molecular weight excluding hydrogens is 615 g/mol. The van der Waals surface area contributed by atoms with Crippen molar-refractivity contribution in [1.29, 1.82) is 0 Å². The normalized spacial score (nSPS) is 17.4. The van der Waals surface area contributed by atoms with Gasteiger partial charge in [0, 0.05) is 45.5 Å². The quantitative estimate of drug-likeness (QED) is 0.344. The Kier molecular flexibility index (Phi) is 11.6. The van der Waals surface area contributed by atoms with Crippen LogP contribution in [0.25, 0.3) is 0 Å². The van der Waals surface area contributed by atoms with Crippen molar-refractivity contribution in [1.82, 2.24) is 40.6 Å². The average molecular weight is 652 g/mol. The Morgan fingerprint density at radius 1 is 1.07 bits per heavy atom. The first kappa shape index (κ1) is 33.2. The molecule has 1 unspecified atom stereocenters. The number of carbonyl (C=O) groups is 3. The molecule has 2 N–H and O–H groups in total. The number of benzene rings is 1. The number of hydrogen-bond acceptors (Lipinski definition) is 11. The van der Waals surface area contributed by atoms with Crippen LogP contribution in [0.3, 0.4) is 0 Å². The zero-order valence-corrected chi connectivity index (χ0v) is 26.6. The molecule has 0 aliphatic carbocycles. The van der Waals surface area contributed by atoms with Crippen molar-refractivity contribution in [3.63, 3.8) is 0 Å². The van der Waals surface area contributed by atoms with Crippen LogP contribution in [0.1, 0.15) is 31.2 Å². The molecule has 2 aromatic rings. The summed E-state index contributed by atoms with van der Waals surface area (Å²) in [4.78, 5) is 42.3. The highest BCUT2D eigenvalue weighted by Gasteiger charge is 2.40. The third-order valence-corrected chi connectivity index (χ3v) is 8.26. The molecule has 1 fully saturated rings. The number of halogens is 2. The molecule has 3 heterocycles. The highest BCUT2D eigenvalue weighted by atomic mass is 35.5. The SMILES string of the molecule is CCOC(=O)C1=C(COCc2nnnn2CCN2CCN(C(=O)NC)CC2)NC(C)=C(C(=O)OC)C1c1cccc(Cl)c1Cl. The minimum atomic E-state index is -0.929. The molecule has 4 rings (SSSR count). The molecule has 0 bridgehead atoms. The van der Waals surface area contributed by atoms with Crippen molar-refractivity contribution in [3.05, 3.63) is 62.2 Å². The van der Waals surface area contributed by atoms with Gasteiger partial charge in [-0.15, -0.1) is 5.10 Å². The second-order valence-corrected chi connectivity index (χ2v) is 10.8. The van der Waals surface area contributed by atoms with E-state index in [-0.39, 0.29) is 47.0 Å². The van der Waals surface area contributed by atoms with Crippen LogP contribution in [0.5, 0.6) is 0 Å². The van der Waals surface area contributed by atoms with E-state index < -0.39 is 17.9 Å². The lowest BCUT2D eigenvalue weighted by Crippen LogP contribution is -2.51. The fraction of sp³-hybridized carbons (Fsp3) is 0.500. The van der Waals surface area contributed by atoms with Crippen LogP contribution in [0.4, 0.5) is 4.79 Å². The fourth-order valence-corrected chi connectivity index (χ4v) is 5.63. The Balaban J connectivity index is 1.51. The largest absolute Gasteiger partial charge is 0.466 e. The third kappa shape index (κ3) is 7.49. The van der Waals surface area contributed by atoms with Gasteiger partial charge in [0.2, 0.25) is 0 Å². The maximum atomic E-state index is 13.4. The minimum absolute atomic E-state index is 0.0495. The molecule has 238 valence electrons. The van der Waals surface area contributed by atoms with Gasteiger partial charge in [-0.05, 0) is 35.9 Å². The summed E-state index contributed by atoms with van der Waals surface area (Å²) >= 11 is 12.9. The molecule has 2 aliphatic heterocycles. The molecule has 44 heavy (non-hydrogen) atoms. The van der Waals surface area contributed by atoms with E-state index in [1.54, 1.807) is 48.7 Å². The van der Waals surface area contributed by atoms with Crippen LogP contribution >= 0.6 is 23.2 Å². The van der Waals surface area contributed by atoms with Crippen LogP contribution in [-0.4, -0.2) is 108 Å². The summed E-state index contributed by atoms with van der Waals surface area (Å²) in [6, 6.07) is 4.93. The number of nitrogens with one attached hydrogen (secondary N) is 2. The Morgan fingerprint density at radius 3 is 2.50 bits per heavy atom. The van der Waals surface area contributed by atoms with Crippen LogP contribution in [0, 0.1) is 0 Å². The minimum Gasteiger partial charge on any atom is -0.466 e. The zero-order chi connectivity index (χ0) is 31.8. The number of esters is 2. The summed E-state index contributed by atoms with van der Waals surface area (Å²) in [6.07, 6.45) is 0. The maximum absolute atomic E-state index is 13.4. The smallest absolute Gasteiger partial charge is 0.336 e. The summed E-state index contributed by atoms with van der Waals surface area (Å²) in [7, 11) is 2.89. The van der Waals surface area contributed by atoms with Gasteiger partial charge in [-0.3, -0.25) is 4.90 Å². The molecule has 1 saturated heterocycles. The average Bonchev–Trinajstić information content (AvgIpc) is 3.47. The Hall–Kier alpha value is -3.72. The Labute approximate surface area is 265 Å². The van der Waals surface area contributed by atoms with Crippen LogP contribution in [0.15, 0.2) is 40.7 Å². The number of piperazine rings is 1. The molecule has 14 nitrogen and oxygen atoms in total. The number of dihydropyridines is 1. The number of allylic oxidation sites excluding steroid dienone is 1. The summed E-state index contributed by atoms with van der Waals surface area (Å²) in [5.41, 5.74) is 1.65. The van der Waals surface area contributed by atoms with Gasteiger partial charge in [0.1, 0.15) is 6.61 Å². The van der Waals surface area contributed by atoms with E-state index in [1.807, 2.05) is 0 Å². The highest BCUT2D eigenvalue weighted by Crippen LogP contribution is 2.43. The molecular formula is C28H36Cl2N8O6. The molecule has 16 heteroatoms. The van der Waals surface area contributed by atoms with Gasteiger partial charge >= 0.3 is 18.0 Å². The van der Waals surface area contributed by atoms with Gasteiger partial charge < -0.3 is 29.7 Å². The Morgan fingerprint density at radius 2 is 1.82 bits per heavy atom. The van der Waals surface area contributed by atoms with Gasteiger partial charge in [0.25, 0.3) is 0 Å². The van der Waals surface area contributed by atoms with Crippen LogP contribution < -0.4 is 10.6 Å². The van der Waals surface area contributed by atoms with Gasteiger partial charge in [-0.25, -0.2) is 19.1 Å². The standard InChI is InChI=1S/C28H36Cl2N8O6/c1-5-44-27(40)24-20(32-17(2)22(26(39)42-4)23(24)18-7-6-8-19(29)25(18)30)15-43-16-21-33-34-35-38(21)14-11-36-9-12-37(13-10-36)28(41)31-3/h6-8,23,32H,5,9-16H2,1-4H3,(H,31,41). The van der Waals surface area contributed by atoms with E-state index in [2.05, 4.69) is 31.1 Å². The first-order valence-electron chi connectivity index (χ1n) is 14.1. The maximum Gasteiger partial charge on any atom is 0.336 e. The summed E-state index contributed by atoms with van der Waals surface area (Å²) in [5.74, 6) is -1.70. The second-order valence-electron chi connectivity index (χ2n) is 10.0. The predicted molar refractivity (Wildman–Crippen MR) is 161 cm³/mol. The highest BCUT2D eigenvalue weighted by molar-refractivity contribution is 6.42. The summed E-state index contributed by atoms with van der Waals surface area (Å²) in [5, 5.41) is 18.3. The van der Waals surface area contributed by atoms with Gasteiger partial charge in [0.05, 0.1) is 59.7 Å². The summed E-state index contributed by atoms with van der Waals surface area (Å²) in [6.45, 7) is 7.50. The van der Waals surface area contributed by atoms with E-state index in [1.165, 1.54) is 7.11 Å². The van der Waals surface area contributed by atoms with Crippen LogP contribution in [0.2, 0.25) is 10.0 Å². The zero-order valence-electron chi connectivity index (χ0n) is 25.1. The molecule has 1 atom stereocenters. The number of tetrazole rings is 1. The molecule has 0 spiro atoms. The number of rotatable bonds is 11. The lowest BCUT2D eigenvalue weighted by atomic mass is 9.80. The van der Waals surface area contributed by atoms with Crippen molar-refractivity contribution >= 4 is 41.2 Å². The number of nitrogens with zero attached hydrogens (tertiary/aromatic N) is 6. The van der Waals surface area contributed by atoms with Crippen molar-refractivity contribution in [2.45, 2.75) is 32.9 Å². The Bertz CT molecular complexity index is 1440. The molecule has 1 aromatic carbocycles. The predicted octanol–water partition coefficient (Wildman–Crippen LogP) is 2.10. The number of carbonyl (C=O) groups excluding carboxylic acids is 3. The first-order chi connectivity index (χ1) is 21.2. The van der Waals surface area contributed by atoms with Gasteiger partial charge in [-0.1, -0.05) is 35.3 Å². The first-order valence-corrected chi connectivity index (χ1v) is 14.9. The van der Waals surface area contributed by atoms with Gasteiger partial charge in [-0.2, -0.15) is 0 Å². The van der Waals surface area contributed by atoms with E-state index in [4.69, 9.17) is 37.4 Å². The van der Waals surface area contributed by atoms with E-state index >= 15 is 0 Å². The molecule has 2 amide bonds.